The van der Waals surface area contributed by atoms with Crippen molar-refractivity contribution < 1.29 is 18.3 Å². The Hall–Kier alpha value is -2.14. The predicted molar refractivity (Wildman–Crippen MR) is 74.3 cm³/mol. The van der Waals surface area contributed by atoms with E-state index in [0.717, 1.165) is 5.56 Å². The molecule has 110 valence electrons. The molecule has 5 heteroatoms. The number of rotatable bonds is 2. The van der Waals surface area contributed by atoms with E-state index in [1.54, 1.807) is 19.2 Å². The first kappa shape index (κ1) is 13.8. The van der Waals surface area contributed by atoms with E-state index in [9.17, 15) is 8.78 Å². The molecule has 1 unspecified atom stereocenters. The van der Waals surface area contributed by atoms with Crippen LogP contribution in [0.2, 0.25) is 0 Å². The molecule has 2 N–H and O–H groups in total. The third kappa shape index (κ3) is 2.45. The molecule has 1 aliphatic heterocycles. The molecule has 3 rings (SSSR count). The van der Waals surface area contributed by atoms with Crippen LogP contribution < -0.4 is 15.2 Å². The summed E-state index contributed by atoms with van der Waals surface area (Å²) in [7, 11) is 1.54. The van der Waals surface area contributed by atoms with Crippen molar-refractivity contribution >= 4 is 0 Å². The predicted octanol–water partition coefficient (Wildman–Crippen LogP) is 3.50. The molecule has 0 fully saturated rings. The Balaban J connectivity index is 2.01. The number of nitrogens with two attached hydrogens (primary N) is 1. The lowest BCUT2D eigenvalue weighted by Crippen LogP contribution is -2.25. The van der Waals surface area contributed by atoms with Crippen molar-refractivity contribution in [1.29, 1.82) is 0 Å². The normalized spacial score (nSPS) is 20.6. The van der Waals surface area contributed by atoms with Gasteiger partial charge in [-0.2, -0.15) is 0 Å². The van der Waals surface area contributed by atoms with Crippen molar-refractivity contribution in [2.45, 2.75) is 18.6 Å². The molecule has 1 aliphatic rings. The molecule has 0 aromatic heterocycles. The fourth-order valence-electron chi connectivity index (χ4n) is 2.60. The average Bonchev–Trinajstić information content (AvgIpc) is 2.46. The molecule has 0 spiro atoms. The van der Waals surface area contributed by atoms with Crippen molar-refractivity contribution in [2.75, 3.05) is 7.11 Å². The molecule has 0 saturated heterocycles. The maximum atomic E-state index is 13.9. The highest BCUT2D eigenvalue weighted by Gasteiger charge is 2.31. The van der Waals surface area contributed by atoms with E-state index in [-0.39, 0.29) is 11.6 Å². The molecule has 0 saturated carbocycles. The van der Waals surface area contributed by atoms with Crippen LogP contribution in [0.15, 0.2) is 36.4 Å². The Kier molecular flexibility index (Phi) is 3.51. The lowest BCUT2D eigenvalue weighted by molar-refractivity contribution is 0.152. The van der Waals surface area contributed by atoms with Crippen molar-refractivity contribution in [2.24, 2.45) is 5.73 Å². The van der Waals surface area contributed by atoms with E-state index in [2.05, 4.69) is 0 Å². The van der Waals surface area contributed by atoms with Crippen molar-refractivity contribution in [3.8, 4) is 11.5 Å². The van der Waals surface area contributed by atoms with Gasteiger partial charge in [-0.15, -0.1) is 0 Å². The highest BCUT2D eigenvalue weighted by Crippen LogP contribution is 2.42. The summed E-state index contributed by atoms with van der Waals surface area (Å²) >= 11 is 0. The Labute approximate surface area is 121 Å². The monoisotopic (exact) mass is 291 g/mol. The minimum atomic E-state index is -0.749. The molecular formula is C16H15F2NO2. The highest BCUT2D eigenvalue weighted by atomic mass is 19.1. The molecule has 1 heterocycles. The first-order chi connectivity index (χ1) is 10.1. The number of benzene rings is 2. The lowest BCUT2D eigenvalue weighted by atomic mass is 9.93. The fourth-order valence-corrected chi connectivity index (χ4v) is 2.60. The molecule has 2 aromatic carbocycles. The standard InChI is InChI=1S/C16H15F2NO2/c1-20-9-5-6-10-13(19)8-15(21-14(10)7-9)16-11(17)3-2-4-12(16)18/h2-7,13,15H,8,19H2,1H3/t13-,15?/m1/s1. The quantitative estimate of drug-likeness (QED) is 0.921. The molecule has 2 aromatic rings. The number of methoxy groups -OCH3 is 1. The van der Waals surface area contributed by atoms with Crippen LogP contribution in [-0.4, -0.2) is 7.11 Å². The van der Waals surface area contributed by atoms with Gasteiger partial charge in [-0.05, 0) is 18.2 Å². The van der Waals surface area contributed by atoms with Crippen LogP contribution in [0, 0.1) is 11.6 Å². The van der Waals surface area contributed by atoms with Crippen LogP contribution in [0.5, 0.6) is 11.5 Å². The molecule has 2 atom stereocenters. The minimum Gasteiger partial charge on any atom is -0.497 e. The van der Waals surface area contributed by atoms with Gasteiger partial charge in [0.1, 0.15) is 29.2 Å². The summed E-state index contributed by atoms with van der Waals surface area (Å²) in [4.78, 5) is 0. The molecule has 0 bridgehead atoms. The second kappa shape index (κ2) is 5.33. The van der Waals surface area contributed by atoms with Gasteiger partial charge in [-0.1, -0.05) is 12.1 Å². The lowest BCUT2D eigenvalue weighted by Gasteiger charge is -2.31. The number of hydrogen-bond donors (Lipinski definition) is 1. The number of ether oxygens (including phenoxy) is 2. The zero-order valence-electron chi connectivity index (χ0n) is 11.5. The maximum absolute atomic E-state index is 13.9. The van der Waals surface area contributed by atoms with Crippen molar-refractivity contribution in [3.05, 3.63) is 59.2 Å². The van der Waals surface area contributed by atoms with Crippen LogP contribution in [0.4, 0.5) is 8.78 Å². The van der Waals surface area contributed by atoms with E-state index in [4.69, 9.17) is 15.2 Å². The number of fused-ring (bicyclic) bond motifs is 1. The second-order valence-electron chi connectivity index (χ2n) is 4.99. The van der Waals surface area contributed by atoms with Gasteiger partial charge < -0.3 is 15.2 Å². The Morgan fingerprint density at radius 1 is 1.19 bits per heavy atom. The van der Waals surface area contributed by atoms with Gasteiger partial charge in [0.25, 0.3) is 0 Å². The van der Waals surface area contributed by atoms with E-state index in [1.165, 1.54) is 18.2 Å². The van der Waals surface area contributed by atoms with Crippen LogP contribution in [-0.2, 0) is 0 Å². The third-order valence-corrected chi connectivity index (χ3v) is 3.68. The summed E-state index contributed by atoms with van der Waals surface area (Å²) in [5.74, 6) is -0.145. The Bertz CT molecular complexity index is 655. The van der Waals surface area contributed by atoms with Crippen molar-refractivity contribution in [1.82, 2.24) is 0 Å². The van der Waals surface area contributed by atoms with Crippen LogP contribution in [0.25, 0.3) is 0 Å². The smallest absolute Gasteiger partial charge is 0.133 e. The van der Waals surface area contributed by atoms with E-state index in [1.807, 2.05) is 6.07 Å². The summed E-state index contributed by atoms with van der Waals surface area (Å²) < 4.78 is 38.7. The zero-order valence-corrected chi connectivity index (χ0v) is 11.5. The summed E-state index contributed by atoms with van der Waals surface area (Å²) in [5, 5.41) is 0. The summed E-state index contributed by atoms with van der Waals surface area (Å²) in [6, 6.07) is 8.69. The summed E-state index contributed by atoms with van der Waals surface area (Å²) in [6.07, 6.45) is -0.433. The maximum Gasteiger partial charge on any atom is 0.133 e. The third-order valence-electron chi connectivity index (χ3n) is 3.68. The summed E-state index contributed by atoms with van der Waals surface area (Å²) in [5.41, 5.74) is 6.83. The average molecular weight is 291 g/mol. The molecule has 3 nitrogen and oxygen atoms in total. The second-order valence-corrected chi connectivity index (χ2v) is 4.99. The fraction of sp³-hybridized carbons (Fsp3) is 0.250. The molecular weight excluding hydrogens is 276 g/mol. The summed E-state index contributed by atoms with van der Waals surface area (Å²) in [6.45, 7) is 0. The van der Waals surface area contributed by atoms with Gasteiger partial charge in [0.2, 0.25) is 0 Å². The van der Waals surface area contributed by atoms with Gasteiger partial charge in [-0.3, -0.25) is 0 Å². The molecule has 0 radical (unpaired) electrons. The van der Waals surface area contributed by atoms with E-state index < -0.39 is 17.7 Å². The first-order valence-corrected chi connectivity index (χ1v) is 6.64. The van der Waals surface area contributed by atoms with Crippen molar-refractivity contribution in [3.63, 3.8) is 0 Å². The van der Waals surface area contributed by atoms with Gasteiger partial charge in [-0.25, -0.2) is 8.78 Å². The van der Waals surface area contributed by atoms with Crippen LogP contribution in [0.1, 0.15) is 29.7 Å². The van der Waals surface area contributed by atoms with Gasteiger partial charge in [0, 0.05) is 24.1 Å². The van der Waals surface area contributed by atoms with E-state index >= 15 is 0 Å². The highest BCUT2D eigenvalue weighted by molar-refractivity contribution is 5.44. The van der Waals surface area contributed by atoms with E-state index in [0.29, 0.717) is 17.9 Å². The SMILES string of the molecule is COc1ccc2c(c1)OC(c1c(F)cccc1F)C[C@H]2N. The molecule has 0 aliphatic carbocycles. The first-order valence-electron chi connectivity index (χ1n) is 6.64. The van der Waals surface area contributed by atoms with Gasteiger partial charge in [0.15, 0.2) is 0 Å². The molecule has 0 amide bonds. The van der Waals surface area contributed by atoms with Gasteiger partial charge >= 0.3 is 0 Å². The van der Waals surface area contributed by atoms with Gasteiger partial charge in [0.05, 0.1) is 12.7 Å². The Morgan fingerprint density at radius 2 is 1.90 bits per heavy atom. The van der Waals surface area contributed by atoms with Crippen LogP contribution >= 0.6 is 0 Å². The number of hydrogen-bond acceptors (Lipinski definition) is 3. The topological polar surface area (TPSA) is 44.5 Å². The molecule has 21 heavy (non-hydrogen) atoms. The largest absolute Gasteiger partial charge is 0.497 e. The Morgan fingerprint density at radius 3 is 2.57 bits per heavy atom. The zero-order chi connectivity index (χ0) is 15.0. The van der Waals surface area contributed by atoms with Crippen LogP contribution in [0.3, 0.4) is 0 Å². The minimum absolute atomic E-state index is 0.0820. The number of halogens is 2.